The Hall–Kier alpha value is -0.870. The summed E-state index contributed by atoms with van der Waals surface area (Å²) in [7, 11) is 1.34. The number of esters is 1. The fourth-order valence-electron chi connectivity index (χ4n) is 1.32. The first kappa shape index (κ1) is 13.2. The van der Waals surface area contributed by atoms with Gasteiger partial charge in [0.15, 0.2) is 5.78 Å². The van der Waals surface area contributed by atoms with E-state index in [2.05, 4.69) is 4.74 Å². The average Bonchev–Trinajstić information content (AvgIpc) is 2.64. The minimum absolute atomic E-state index is 0.0131. The van der Waals surface area contributed by atoms with Gasteiger partial charge in [0.1, 0.15) is 0 Å². The van der Waals surface area contributed by atoms with Crippen LogP contribution in [0.1, 0.15) is 29.4 Å². The lowest BCUT2D eigenvalue weighted by atomic mass is 10.0. The number of hydrogen-bond acceptors (Lipinski definition) is 4. The molecule has 0 aliphatic heterocycles. The summed E-state index contributed by atoms with van der Waals surface area (Å²) < 4.78 is 5.14. The molecule has 1 atom stereocenters. The van der Waals surface area contributed by atoms with Gasteiger partial charge >= 0.3 is 5.97 Å². The van der Waals surface area contributed by atoms with E-state index in [4.69, 9.17) is 11.6 Å². The number of Topliss-reactive ketones (excluding diaryl/α,β-unsaturated/α-hetero) is 1. The fraction of sp³-hybridized carbons (Fsp3) is 0.455. The van der Waals surface area contributed by atoms with Gasteiger partial charge in [-0.05, 0) is 18.1 Å². The van der Waals surface area contributed by atoms with Gasteiger partial charge in [-0.25, -0.2) is 0 Å². The molecule has 1 aromatic rings. The standard InChI is InChI=1S/C11H13ClO3S/c1-7(6-11(14)15-2)5-8(13)9-3-4-10(12)16-9/h3-4,7H,5-6H2,1-2H3/t7-/m1/s1. The molecule has 3 nitrogen and oxygen atoms in total. The van der Waals surface area contributed by atoms with Gasteiger partial charge < -0.3 is 4.74 Å². The van der Waals surface area contributed by atoms with Crippen LogP contribution >= 0.6 is 22.9 Å². The quantitative estimate of drug-likeness (QED) is 0.603. The van der Waals surface area contributed by atoms with Crippen molar-refractivity contribution in [2.75, 3.05) is 7.11 Å². The van der Waals surface area contributed by atoms with Gasteiger partial charge in [0, 0.05) is 12.8 Å². The van der Waals surface area contributed by atoms with Crippen molar-refractivity contribution < 1.29 is 14.3 Å². The highest BCUT2D eigenvalue weighted by Gasteiger charge is 2.16. The Morgan fingerprint density at radius 2 is 2.12 bits per heavy atom. The molecule has 5 heteroatoms. The zero-order valence-corrected chi connectivity index (χ0v) is 10.7. The Morgan fingerprint density at radius 3 is 2.62 bits per heavy atom. The Balaban J connectivity index is 2.48. The zero-order valence-electron chi connectivity index (χ0n) is 9.16. The normalized spacial score (nSPS) is 12.2. The Morgan fingerprint density at radius 1 is 1.44 bits per heavy atom. The number of ketones is 1. The molecule has 0 aromatic carbocycles. The Kier molecular flexibility index (Phi) is 4.96. The molecular weight excluding hydrogens is 248 g/mol. The highest BCUT2D eigenvalue weighted by atomic mass is 35.5. The van der Waals surface area contributed by atoms with Crippen molar-refractivity contribution in [1.82, 2.24) is 0 Å². The van der Waals surface area contributed by atoms with Gasteiger partial charge in [0.25, 0.3) is 0 Å². The SMILES string of the molecule is COC(=O)C[C@H](C)CC(=O)c1ccc(Cl)s1. The number of halogens is 1. The molecule has 0 spiro atoms. The molecule has 0 amide bonds. The topological polar surface area (TPSA) is 43.4 Å². The minimum atomic E-state index is -0.287. The minimum Gasteiger partial charge on any atom is -0.469 e. The van der Waals surface area contributed by atoms with Crippen molar-refractivity contribution in [3.63, 3.8) is 0 Å². The molecule has 1 rings (SSSR count). The maximum atomic E-state index is 11.7. The molecule has 1 aromatic heterocycles. The molecule has 0 saturated carbocycles. The Bertz CT molecular complexity index is 386. The zero-order chi connectivity index (χ0) is 12.1. The van der Waals surface area contributed by atoms with Gasteiger partial charge in [0.2, 0.25) is 0 Å². The fourth-order valence-corrected chi connectivity index (χ4v) is 2.31. The molecule has 0 saturated heterocycles. The first-order valence-electron chi connectivity index (χ1n) is 4.88. The Labute approximate surface area is 103 Å². The summed E-state index contributed by atoms with van der Waals surface area (Å²) in [6, 6.07) is 3.41. The second kappa shape index (κ2) is 6.01. The third-order valence-corrected chi connectivity index (χ3v) is 3.40. The smallest absolute Gasteiger partial charge is 0.305 e. The van der Waals surface area contributed by atoms with E-state index in [1.807, 2.05) is 6.92 Å². The largest absolute Gasteiger partial charge is 0.469 e. The first-order chi connectivity index (χ1) is 7.52. The van der Waals surface area contributed by atoms with Crippen LogP contribution in [0.15, 0.2) is 12.1 Å². The van der Waals surface area contributed by atoms with E-state index >= 15 is 0 Å². The summed E-state index contributed by atoms with van der Waals surface area (Å²) in [4.78, 5) is 23.4. The van der Waals surface area contributed by atoms with Crippen LogP contribution in [0.3, 0.4) is 0 Å². The molecular formula is C11H13ClO3S. The van der Waals surface area contributed by atoms with Crippen LogP contribution in [0, 0.1) is 5.92 Å². The van der Waals surface area contributed by atoms with E-state index in [9.17, 15) is 9.59 Å². The van der Waals surface area contributed by atoms with Crippen LogP contribution in [0.5, 0.6) is 0 Å². The van der Waals surface area contributed by atoms with E-state index < -0.39 is 0 Å². The van der Waals surface area contributed by atoms with Crippen LogP contribution in [0.25, 0.3) is 0 Å². The number of ether oxygens (including phenoxy) is 1. The molecule has 1 heterocycles. The number of carbonyl (C=O) groups excluding carboxylic acids is 2. The van der Waals surface area contributed by atoms with E-state index in [1.165, 1.54) is 18.4 Å². The van der Waals surface area contributed by atoms with Crippen molar-refractivity contribution in [2.45, 2.75) is 19.8 Å². The molecule has 16 heavy (non-hydrogen) atoms. The summed E-state index contributed by atoms with van der Waals surface area (Å²) >= 11 is 7.00. The molecule has 0 fully saturated rings. The van der Waals surface area contributed by atoms with Crippen LogP contribution < -0.4 is 0 Å². The maximum absolute atomic E-state index is 11.7. The average molecular weight is 261 g/mol. The molecule has 0 aliphatic rings. The van der Waals surface area contributed by atoms with E-state index in [1.54, 1.807) is 12.1 Å². The number of rotatable bonds is 5. The van der Waals surface area contributed by atoms with Crippen molar-refractivity contribution in [3.05, 3.63) is 21.3 Å². The lowest BCUT2D eigenvalue weighted by Crippen LogP contribution is -2.11. The highest BCUT2D eigenvalue weighted by molar-refractivity contribution is 7.18. The van der Waals surface area contributed by atoms with E-state index in [0.29, 0.717) is 15.6 Å². The molecule has 0 aliphatic carbocycles. The van der Waals surface area contributed by atoms with Gasteiger partial charge in [0.05, 0.1) is 16.3 Å². The van der Waals surface area contributed by atoms with Gasteiger partial charge in [-0.3, -0.25) is 9.59 Å². The molecule has 0 unspecified atom stereocenters. The monoisotopic (exact) mass is 260 g/mol. The van der Waals surface area contributed by atoms with E-state index in [-0.39, 0.29) is 24.1 Å². The second-order valence-corrected chi connectivity index (χ2v) is 5.33. The van der Waals surface area contributed by atoms with Crippen LogP contribution in [-0.4, -0.2) is 18.9 Å². The second-order valence-electron chi connectivity index (χ2n) is 3.62. The summed E-state index contributed by atoms with van der Waals surface area (Å²) in [6.07, 6.45) is 0.604. The third-order valence-electron chi connectivity index (χ3n) is 2.12. The van der Waals surface area contributed by atoms with Crippen molar-refractivity contribution in [2.24, 2.45) is 5.92 Å². The molecule has 88 valence electrons. The lowest BCUT2D eigenvalue weighted by Gasteiger charge is -2.07. The summed E-state index contributed by atoms with van der Waals surface area (Å²) in [5.74, 6) is -0.279. The lowest BCUT2D eigenvalue weighted by molar-refractivity contribution is -0.141. The summed E-state index contributed by atoms with van der Waals surface area (Å²) in [5, 5.41) is 0. The number of hydrogen-bond donors (Lipinski definition) is 0. The maximum Gasteiger partial charge on any atom is 0.305 e. The number of methoxy groups -OCH3 is 1. The van der Waals surface area contributed by atoms with Crippen molar-refractivity contribution >= 4 is 34.7 Å². The predicted molar refractivity (Wildman–Crippen MR) is 64.1 cm³/mol. The van der Waals surface area contributed by atoms with Crippen LogP contribution in [0.4, 0.5) is 0 Å². The summed E-state index contributed by atoms with van der Waals surface area (Å²) in [5.41, 5.74) is 0. The van der Waals surface area contributed by atoms with Crippen LogP contribution in [0.2, 0.25) is 4.34 Å². The third kappa shape index (κ3) is 3.94. The van der Waals surface area contributed by atoms with Crippen molar-refractivity contribution in [3.8, 4) is 0 Å². The number of carbonyl (C=O) groups is 2. The first-order valence-corrected chi connectivity index (χ1v) is 6.07. The number of thiophene rings is 1. The molecule has 0 bridgehead atoms. The highest BCUT2D eigenvalue weighted by Crippen LogP contribution is 2.24. The van der Waals surface area contributed by atoms with Gasteiger partial charge in [-0.15, -0.1) is 11.3 Å². The van der Waals surface area contributed by atoms with E-state index in [0.717, 1.165) is 0 Å². The predicted octanol–water partition coefficient (Wildman–Crippen LogP) is 3.17. The van der Waals surface area contributed by atoms with Gasteiger partial charge in [-0.1, -0.05) is 18.5 Å². The summed E-state index contributed by atoms with van der Waals surface area (Å²) in [6.45, 7) is 1.85. The van der Waals surface area contributed by atoms with Crippen LogP contribution in [-0.2, 0) is 9.53 Å². The van der Waals surface area contributed by atoms with Crippen molar-refractivity contribution in [1.29, 1.82) is 0 Å². The van der Waals surface area contributed by atoms with Gasteiger partial charge in [-0.2, -0.15) is 0 Å². The molecule has 0 radical (unpaired) electrons. The molecule has 0 N–H and O–H groups in total.